The molecule has 0 bridgehead atoms. The van der Waals surface area contributed by atoms with Gasteiger partial charge in [0.15, 0.2) is 0 Å². The predicted octanol–water partition coefficient (Wildman–Crippen LogP) is 4.51. The van der Waals surface area contributed by atoms with E-state index >= 15 is 0 Å². The Morgan fingerprint density at radius 3 is 2.27 bits per heavy atom. The summed E-state index contributed by atoms with van der Waals surface area (Å²) in [6.45, 7) is 10.1. The third-order valence-corrected chi connectivity index (χ3v) is 6.42. The van der Waals surface area contributed by atoms with Gasteiger partial charge in [0, 0.05) is 44.0 Å². The highest BCUT2D eigenvalue weighted by Crippen LogP contribution is 2.26. The van der Waals surface area contributed by atoms with Crippen molar-refractivity contribution in [1.29, 1.82) is 0 Å². The van der Waals surface area contributed by atoms with Crippen molar-refractivity contribution in [2.24, 2.45) is 0 Å². The second-order valence-electron chi connectivity index (χ2n) is 8.74. The van der Waals surface area contributed by atoms with Crippen LogP contribution in [0.1, 0.15) is 38.9 Å². The normalized spacial score (nSPS) is 15.3. The van der Waals surface area contributed by atoms with Crippen LogP contribution in [0.2, 0.25) is 0 Å². The molecule has 1 atom stereocenters. The second kappa shape index (κ2) is 10.1. The number of carbonyl (C=O) groups excluding carboxylic acids is 1. The van der Waals surface area contributed by atoms with Crippen molar-refractivity contribution in [3.8, 4) is 5.75 Å². The Morgan fingerprint density at radius 2 is 1.70 bits per heavy atom. The maximum atomic E-state index is 13.1. The molecule has 6 heteroatoms. The molecule has 2 heterocycles. The van der Waals surface area contributed by atoms with Crippen LogP contribution in [0.25, 0.3) is 0 Å². The molecule has 1 aliphatic heterocycles. The summed E-state index contributed by atoms with van der Waals surface area (Å²) >= 11 is 0. The van der Waals surface area contributed by atoms with Gasteiger partial charge < -0.3 is 19.4 Å². The first-order valence-electron chi connectivity index (χ1n) is 11.5. The van der Waals surface area contributed by atoms with Gasteiger partial charge in [-0.2, -0.15) is 0 Å². The number of anilines is 1. The van der Waals surface area contributed by atoms with Crippen molar-refractivity contribution in [3.05, 3.63) is 82.8 Å². The zero-order valence-electron chi connectivity index (χ0n) is 19.9. The smallest absolute Gasteiger partial charge is 0.251 e. The average molecular weight is 448 g/mol. The first kappa shape index (κ1) is 22.9. The SMILES string of the molecule is COc1ccc(N2CCN(C(CNC(=O)c3c(C)cc(C)cc3C)c3ccco3)CC2)cc1. The van der Waals surface area contributed by atoms with Crippen LogP contribution in [0.3, 0.4) is 0 Å². The van der Waals surface area contributed by atoms with E-state index in [9.17, 15) is 4.79 Å². The number of rotatable bonds is 7. The van der Waals surface area contributed by atoms with E-state index in [4.69, 9.17) is 9.15 Å². The summed E-state index contributed by atoms with van der Waals surface area (Å²) in [5, 5.41) is 3.17. The Bertz CT molecular complexity index is 1050. The number of methoxy groups -OCH3 is 1. The minimum absolute atomic E-state index is 0.00646. The number of carbonyl (C=O) groups is 1. The third kappa shape index (κ3) is 5.22. The Balaban J connectivity index is 1.43. The van der Waals surface area contributed by atoms with Crippen molar-refractivity contribution in [2.75, 3.05) is 44.7 Å². The summed E-state index contributed by atoms with van der Waals surface area (Å²) in [6.07, 6.45) is 1.70. The maximum Gasteiger partial charge on any atom is 0.251 e. The van der Waals surface area contributed by atoms with Crippen molar-refractivity contribution >= 4 is 11.6 Å². The summed E-state index contributed by atoms with van der Waals surface area (Å²) in [5.41, 5.74) is 5.15. The zero-order chi connectivity index (χ0) is 23.4. The molecular formula is C27H33N3O3. The zero-order valence-corrected chi connectivity index (χ0v) is 19.9. The van der Waals surface area contributed by atoms with Crippen LogP contribution in [0.4, 0.5) is 5.69 Å². The van der Waals surface area contributed by atoms with Crippen molar-refractivity contribution in [1.82, 2.24) is 10.2 Å². The summed E-state index contributed by atoms with van der Waals surface area (Å²) in [5.74, 6) is 1.72. The summed E-state index contributed by atoms with van der Waals surface area (Å²) in [7, 11) is 1.68. The van der Waals surface area contributed by atoms with Crippen LogP contribution in [0, 0.1) is 20.8 Å². The standard InChI is InChI=1S/C27H33N3O3/c1-19-16-20(2)26(21(3)17-19)27(31)28-18-24(25-6-5-15-33-25)30-13-11-29(12-14-30)22-7-9-23(32-4)10-8-22/h5-10,15-17,24H,11-14,18H2,1-4H3,(H,28,31). The van der Waals surface area contributed by atoms with Gasteiger partial charge in [-0.05, 0) is 68.3 Å². The number of hydrogen-bond donors (Lipinski definition) is 1. The number of amides is 1. The fraction of sp³-hybridized carbons (Fsp3) is 0.370. The molecule has 6 nitrogen and oxygen atoms in total. The van der Waals surface area contributed by atoms with Crippen LogP contribution in [0.5, 0.6) is 5.75 Å². The molecule has 174 valence electrons. The summed E-state index contributed by atoms with van der Waals surface area (Å²) in [4.78, 5) is 17.8. The minimum Gasteiger partial charge on any atom is -0.497 e. The van der Waals surface area contributed by atoms with E-state index in [0.717, 1.165) is 54.4 Å². The van der Waals surface area contributed by atoms with Crippen LogP contribution >= 0.6 is 0 Å². The average Bonchev–Trinajstić information content (AvgIpc) is 3.34. The monoisotopic (exact) mass is 447 g/mol. The first-order chi connectivity index (χ1) is 16.0. The lowest BCUT2D eigenvalue weighted by Crippen LogP contribution is -2.49. The Labute approximate surface area is 196 Å². The molecule has 1 N–H and O–H groups in total. The fourth-order valence-corrected chi connectivity index (χ4v) is 4.79. The van der Waals surface area contributed by atoms with Gasteiger partial charge in [0.25, 0.3) is 5.91 Å². The highest BCUT2D eigenvalue weighted by atomic mass is 16.5. The van der Waals surface area contributed by atoms with E-state index in [1.54, 1.807) is 13.4 Å². The molecular weight excluding hydrogens is 414 g/mol. The molecule has 1 saturated heterocycles. The Hall–Kier alpha value is -3.25. The van der Waals surface area contributed by atoms with Gasteiger partial charge in [0.05, 0.1) is 19.4 Å². The van der Waals surface area contributed by atoms with E-state index < -0.39 is 0 Å². The number of ether oxygens (including phenoxy) is 1. The van der Waals surface area contributed by atoms with Crippen molar-refractivity contribution in [2.45, 2.75) is 26.8 Å². The largest absolute Gasteiger partial charge is 0.497 e. The summed E-state index contributed by atoms with van der Waals surface area (Å²) in [6, 6.07) is 16.2. The van der Waals surface area contributed by atoms with Crippen molar-refractivity contribution < 1.29 is 13.9 Å². The number of aryl methyl sites for hydroxylation is 3. The lowest BCUT2D eigenvalue weighted by Gasteiger charge is -2.39. The van der Waals surface area contributed by atoms with Gasteiger partial charge >= 0.3 is 0 Å². The molecule has 3 aromatic rings. The molecule has 2 aromatic carbocycles. The van der Waals surface area contributed by atoms with Crippen molar-refractivity contribution in [3.63, 3.8) is 0 Å². The first-order valence-corrected chi connectivity index (χ1v) is 11.5. The molecule has 0 radical (unpaired) electrons. The van der Waals surface area contributed by atoms with Crippen LogP contribution < -0.4 is 15.0 Å². The molecule has 1 aliphatic rings. The number of nitrogens with zero attached hydrogens (tertiary/aromatic N) is 2. The molecule has 0 aliphatic carbocycles. The van der Waals surface area contributed by atoms with E-state index in [2.05, 4.69) is 46.3 Å². The minimum atomic E-state index is -0.0292. The highest BCUT2D eigenvalue weighted by molar-refractivity contribution is 5.97. The molecule has 1 unspecified atom stereocenters. The van der Waals surface area contributed by atoms with E-state index in [1.165, 1.54) is 11.3 Å². The van der Waals surface area contributed by atoms with Crippen LogP contribution in [-0.4, -0.2) is 50.6 Å². The fourth-order valence-electron chi connectivity index (χ4n) is 4.79. The van der Waals surface area contributed by atoms with Gasteiger partial charge in [-0.25, -0.2) is 0 Å². The van der Waals surface area contributed by atoms with Gasteiger partial charge in [-0.15, -0.1) is 0 Å². The Morgan fingerprint density at radius 1 is 1.03 bits per heavy atom. The second-order valence-corrected chi connectivity index (χ2v) is 8.74. The molecule has 4 rings (SSSR count). The lowest BCUT2D eigenvalue weighted by molar-refractivity contribution is 0.0921. The third-order valence-electron chi connectivity index (χ3n) is 6.42. The van der Waals surface area contributed by atoms with Gasteiger partial charge in [0.2, 0.25) is 0 Å². The quantitative estimate of drug-likeness (QED) is 0.578. The number of benzene rings is 2. The maximum absolute atomic E-state index is 13.1. The summed E-state index contributed by atoms with van der Waals surface area (Å²) < 4.78 is 11.0. The van der Waals surface area contributed by atoms with Crippen LogP contribution in [0.15, 0.2) is 59.2 Å². The van der Waals surface area contributed by atoms with Gasteiger partial charge in [0.1, 0.15) is 11.5 Å². The molecule has 1 amide bonds. The lowest BCUT2D eigenvalue weighted by atomic mass is 9.99. The molecule has 0 saturated carbocycles. The Kier molecular flexibility index (Phi) is 7.04. The molecule has 33 heavy (non-hydrogen) atoms. The predicted molar refractivity (Wildman–Crippen MR) is 131 cm³/mol. The topological polar surface area (TPSA) is 58.0 Å². The van der Waals surface area contributed by atoms with Gasteiger partial charge in [-0.3, -0.25) is 9.69 Å². The highest BCUT2D eigenvalue weighted by Gasteiger charge is 2.28. The molecule has 1 fully saturated rings. The van der Waals surface area contributed by atoms with Gasteiger partial charge in [-0.1, -0.05) is 17.7 Å². The number of nitrogens with one attached hydrogen (secondary N) is 1. The number of hydrogen-bond acceptors (Lipinski definition) is 5. The van der Waals surface area contributed by atoms with Crippen LogP contribution in [-0.2, 0) is 0 Å². The number of piperazine rings is 1. The van der Waals surface area contributed by atoms with E-state index in [-0.39, 0.29) is 11.9 Å². The van der Waals surface area contributed by atoms with E-state index in [0.29, 0.717) is 6.54 Å². The molecule has 0 spiro atoms. The van der Waals surface area contributed by atoms with E-state index in [1.807, 2.05) is 38.1 Å². The number of furan rings is 1. The molecule has 1 aromatic heterocycles.